The van der Waals surface area contributed by atoms with E-state index in [-0.39, 0.29) is 17.0 Å². The van der Waals surface area contributed by atoms with Gasteiger partial charge in [0, 0.05) is 18.2 Å². The van der Waals surface area contributed by atoms with Crippen molar-refractivity contribution in [1.82, 2.24) is 0 Å². The van der Waals surface area contributed by atoms with Gasteiger partial charge in [-0.1, -0.05) is 31.9 Å². The van der Waals surface area contributed by atoms with E-state index in [1.807, 2.05) is 13.8 Å². The van der Waals surface area contributed by atoms with E-state index in [0.29, 0.717) is 12.1 Å². The molecule has 0 radical (unpaired) electrons. The van der Waals surface area contributed by atoms with Gasteiger partial charge in [-0.3, -0.25) is 4.79 Å². The third kappa shape index (κ3) is 3.45. The molecule has 4 heteroatoms. The summed E-state index contributed by atoms with van der Waals surface area (Å²) in [5, 5.41) is 0.0464. The number of benzene rings is 1. The summed E-state index contributed by atoms with van der Waals surface area (Å²) in [7, 11) is 0. The molecule has 0 N–H and O–H groups in total. The molecule has 100 valence electrons. The van der Waals surface area contributed by atoms with Crippen molar-refractivity contribution in [2.45, 2.75) is 46.1 Å². The van der Waals surface area contributed by atoms with Crippen LogP contribution in [0.1, 0.15) is 40.0 Å². The highest BCUT2D eigenvalue weighted by molar-refractivity contribution is 6.31. The predicted molar refractivity (Wildman–Crippen MR) is 73.6 cm³/mol. The van der Waals surface area contributed by atoms with E-state index in [0.717, 1.165) is 12.8 Å². The largest absolute Gasteiger partial charge is 0.310 e. The first-order chi connectivity index (χ1) is 8.51. The lowest BCUT2D eigenvalue weighted by molar-refractivity contribution is -0.118. The SMILES string of the molecule is CCCC(C)N(C(=O)CC)c1ccc(F)c(Cl)c1. The number of carbonyl (C=O) groups excluding carboxylic acids is 1. The van der Waals surface area contributed by atoms with Crippen molar-refractivity contribution in [3.8, 4) is 0 Å². The highest BCUT2D eigenvalue weighted by Gasteiger charge is 2.20. The number of carbonyl (C=O) groups is 1. The summed E-state index contributed by atoms with van der Waals surface area (Å²) in [6.07, 6.45) is 2.31. The third-order valence-corrected chi connectivity index (χ3v) is 3.19. The van der Waals surface area contributed by atoms with Crippen LogP contribution in [-0.2, 0) is 4.79 Å². The van der Waals surface area contributed by atoms with Crippen molar-refractivity contribution in [2.75, 3.05) is 4.90 Å². The van der Waals surface area contributed by atoms with Crippen LogP contribution in [0.25, 0.3) is 0 Å². The summed E-state index contributed by atoms with van der Waals surface area (Å²) in [5.41, 5.74) is 0.661. The number of halogens is 2. The number of amides is 1. The quantitative estimate of drug-likeness (QED) is 0.777. The lowest BCUT2D eigenvalue weighted by atomic mass is 10.1. The van der Waals surface area contributed by atoms with Gasteiger partial charge in [-0.15, -0.1) is 0 Å². The van der Waals surface area contributed by atoms with E-state index in [1.54, 1.807) is 11.0 Å². The van der Waals surface area contributed by atoms with Gasteiger partial charge in [-0.2, -0.15) is 0 Å². The van der Waals surface area contributed by atoms with E-state index in [2.05, 4.69) is 6.92 Å². The van der Waals surface area contributed by atoms with E-state index in [1.165, 1.54) is 12.1 Å². The molecule has 2 nitrogen and oxygen atoms in total. The zero-order chi connectivity index (χ0) is 13.7. The first-order valence-corrected chi connectivity index (χ1v) is 6.66. The van der Waals surface area contributed by atoms with Gasteiger partial charge in [0.05, 0.1) is 5.02 Å². The maximum atomic E-state index is 13.2. The lowest BCUT2D eigenvalue weighted by Gasteiger charge is -2.29. The van der Waals surface area contributed by atoms with E-state index < -0.39 is 5.82 Å². The fourth-order valence-corrected chi connectivity index (χ4v) is 2.17. The van der Waals surface area contributed by atoms with Crippen LogP contribution in [0.2, 0.25) is 5.02 Å². The molecule has 0 spiro atoms. The number of nitrogens with zero attached hydrogens (tertiary/aromatic N) is 1. The summed E-state index contributed by atoms with van der Waals surface area (Å²) in [5.74, 6) is -0.439. The van der Waals surface area contributed by atoms with Gasteiger partial charge in [0.15, 0.2) is 0 Å². The molecule has 1 unspecified atom stereocenters. The molecule has 1 aromatic carbocycles. The Morgan fingerprint density at radius 3 is 2.61 bits per heavy atom. The molecular weight excluding hydrogens is 253 g/mol. The molecule has 0 aliphatic heterocycles. The molecule has 0 heterocycles. The van der Waals surface area contributed by atoms with Crippen molar-refractivity contribution in [3.05, 3.63) is 29.0 Å². The minimum absolute atomic E-state index is 0.0265. The number of rotatable bonds is 5. The molecule has 0 saturated carbocycles. The number of hydrogen-bond acceptors (Lipinski definition) is 1. The van der Waals surface area contributed by atoms with Crippen LogP contribution < -0.4 is 4.90 Å². The van der Waals surface area contributed by atoms with Crippen LogP contribution in [0.5, 0.6) is 0 Å². The van der Waals surface area contributed by atoms with Gasteiger partial charge in [-0.25, -0.2) is 4.39 Å². The topological polar surface area (TPSA) is 20.3 Å². The second-order valence-corrected chi connectivity index (χ2v) is 4.76. The van der Waals surface area contributed by atoms with Crippen molar-refractivity contribution in [2.24, 2.45) is 0 Å². The highest BCUT2D eigenvalue weighted by atomic mass is 35.5. The standard InChI is InChI=1S/C14H19ClFNO/c1-4-6-10(3)17(14(18)5-2)11-7-8-13(16)12(15)9-11/h7-10H,4-6H2,1-3H3. The van der Waals surface area contributed by atoms with Gasteiger partial charge < -0.3 is 4.90 Å². The average Bonchev–Trinajstić information content (AvgIpc) is 2.34. The van der Waals surface area contributed by atoms with E-state index in [9.17, 15) is 9.18 Å². The summed E-state index contributed by atoms with van der Waals surface area (Å²) >= 11 is 5.77. The predicted octanol–water partition coefficient (Wildman–Crippen LogP) is 4.41. The summed E-state index contributed by atoms with van der Waals surface area (Å²) in [6, 6.07) is 4.49. The zero-order valence-electron chi connectivity index (χ0n) is 11.0. The average molecular weight is 272 g/mol. The Bertz CT molecular complexity index is 422. The maximum Gasteiger partial charge on any atom is 0.226 e. The summed E-state index contributed by atoms with van der Waals surface area (Å²) in [6.45, 7) is 5.89. The lowest BCUT2D eigenvalue weighted by Crippen LogP contribution is -2.38. The minimum Gasteiger partial charge on any atom is -0.310 e. The molecule has 0 saturated heterocycles. The molecule has 1 rings (SSSR count). The molecule has 0 bridgehead atoms. The van der Waals surface area contributed by atoms with Crippen LogP contribution in [0, 0.1) is 5.82 Å². The van der Waals surface area contributed by atoms with Crippen LogP contribution in [0.15, 0.2) is 18.2 Å². The first-order valence-electron chi connectivity index (χ1n) is 6.28. The molecule has 0 aliphatic rings. The Morgan fingerprint density at radius 1 is 1.44 bits per heavy atom. The smallest absolute Gasteiger partial charge is 0.226 e. The monoisotopic (exact) mass is 271 g/mol. The second kappa shape index (κ2) is 6.74. The Kier molecular flexibility index (Phi) is 5.60. The Morgan fingerprint density at radius 2 is 2.11 bits per heavy atom. The van der Waals surface area contributed by atoms with Crippen LogP contribution >= 0.6 is 11.6 Å². The zero-order valence-corrected chi connectivity index (χ0v) is 11.8. The van der Waals surface area contributed by atoms with Gasteiger partial charge in [-0.05, 0) is 31.5 Å². The van der Waals surface area contributed by atoms with Crippen LogP contribution in [0.3, 0.4) is 0 Å². The fraction of sp³-hybridized carbons (Fsp3) is 0.500. The molecule has 0 aromatic heterocycles. The van der Waals surface area contributed by atoms with Crippen molar-refractivity contribution < 1.29 is 9.18 Å². The highest BCUT2D eigenvalue weighted by Crippen LogP contribution is 2.26. The Hall–Kier alpha value is -1.09. The number of hydrogen-bond donors (Lipinski definition) is 0. The Labute approximate surface area is 113 Å². The van der Waals surface area contributed by atoms with E-state index >= 15 is 0 Å². The summed E-state index contributed by atoms with van der Waals surface area (Å²) in [4.78, 5) is 13.7. The normalized spacial score (nSPS) is 12.3. The maximum absolute atomic E-state index is 13.2. The van der Waals surface area contributed by atoms with Gasteiger partial charge >= 0.3 is 0 Å². The third-order valence-electron chi connectivity index (χ3n) is 2.90. The molecule has 0 aliphatic carbocycles. The number of anilines is 1. The molecular formula is C14H19ClFNO. The van der Waals surface area contributed by atoms with Gasteiger partial charge in [0.2, 0.25) is 5.91 Å². The van der Waals surface area contributed by atoms with Gasteiger partial charge in [0.1, 0.15) is 5.82 Å². The molecule has 0 fully saturated rings. The fourth-order valence-electron chi connectivity index (χ4n) is 2.00. The van der Waals surface area contributed by atoms with Crippen molar-refractivity contribution in [3.63, 3.8) is 0 Å². The van der Waals surface area contributed by atoms with Crippen LogP contribution in [-0.4, -0.2) is 11.9 Å². The second-order valence-electron chi connectivity index (χ2n) is 4.35. The first kappa shape index (κ1) is 15.0. The van der Waals surface area contributed by atoms with Crippen LogP contribution in [0.4, 0.5) is 10.1 Å². The summed E-state index contributed by atoms with van der Waals surface area (Å²) < 4.78 is 13.2. The molecule has 18 heavy (non-hydrogen) atoms. The van der Waals surface area contributed by atoms with Crippen molar-refractivity contribution >= 4 is 23.2 Å². The molecule has 1 amide bonds. The molecule has 1 atom stereocenters. The minimum atomic E-state index is -0.465. The van der Waals surface area contributed by atoms with E-state index in [4.69, 9.17) is 11.6 Å². The van der Waals surface area contributed by atoms with Crippen molar-refractivity contribution in [1.29, 1.82) is 0 Å². The molecule has 1 aromatic rings. The Balaban J connectivity index is 3.08. The van der Waals surface area contributed by atoms with Gasteiger partial charge in [0.25, 0.3) is 0 Å².